The third-order valence-electron chi connectivity index (χ3n) is 4.18. The molecule has 0 aliphatic carbocycles. The van der Waals surface area contributed by atoms with Crippen LogP contribution in [-0.2, 0) is 21.2 Å². The average molecular weight is 447 g/mol. The van der Waals surface area contributed by atoms with Gasteiger partial charge in [-0.25, -0.2) is 13.4 Å². The summed E-state index contributed by atoms with van der Waals surface area (Å²) < 4.78 is 27.6. The number of amidine groups is 1. The first-order chi connectivity index (χ1) is 14.0. The second-order valence-electron chi connectivity index (χ2n) is 6.41. The molecule has 1 aromatic carbocycles. The summed E-state index contributed by atoms with van der Waals surface area (Å²) in [5.74, 6) is 0.222. The molecule has 0 radical (unpaired) electrons. The number of amides is 1. The Kier molecular flexibility index (Phi) is 5.74. The molecule has 2 N–H and O–H groups in total. The fourth-order valence-corrected chi connectivity index (χ4v) is 5.62. The zero-order valence-corrected chi connectivity index (χ0v) is 17.7. The van der Waals surface area contributed by atoms with Crippen molar-refractivity contribution in [2.24, 2.45) is 4.99 Å². The van der Waals surface area contributed by atoms with E-state index in [-0.39, 0.29) is 17.2 Å². The number of hydrogen-bond donors (Lipinski definition) is 2. The van der Waals surface area contributed by atoms with E-state index in [0.717, 1.165) is 16.3 Å². The van der Waals surface area contributed by atoms with Crippen molar-refractivity contribution in [3.05, 3.63) is 52.9 Å². The molecule has 29 heavy (non-hydrogen) atoms. The number of thiazole rings is 1. The molecule has 2 aromatic heterocycles. The van der Waals surface area contributed by atoms with Crippen LogP contribution in [0.25, 0.3) is 9.88 Å². The lowest BCUT2D eigenvalue weighted by molar-refractivity contribution is -0.115. The number of rotatable bonds is 6. The minimum atomic E-state index is -3.72. The van der Waals surface area contributed by atoms with Crippen LogP contribution in [0.1, 0.15) is 18.5 Å². The van der Waals surface area contributed by atoms with Gasteiger partial charge in [-0.2, -0.15) is 0 Å². The number of carbonyl (C=O) groups is 1. The van der Waals surface area contributed by atoms with Gasteiger partial charge >= 0.3 is 0 Å². The first kappa shape index (κ1) is 19.7. The van der Waals surface area contributed by atoms with E-state index in [4.69, 9.17) is 0 Å². The van der Waals surface area contributed by atoms with E-state index in [1.165, 1.54) is 23.5 Å². The second-order valence-corrected chi connectivity index (χ2v) is 9.90. The number of carbonyl (C=O) groups excluding carboxylic acids is 1. The number of nitrogens with zero attached hydrogens (tertiary/aromatic N) is 2. The van der Waals surface area contributed by atoms with Crippen LogP contribution >= 0.6 is 22.7 Å². The number of hydrogen-bond acceptors (Lipinski definition) is 7. The van der Waals surface area contributed by atoms with Gasteiger partial charge in [0.15, 0.2) is 0 Å². The third-order valence-corrected chi connectivity index (χ3v) is 7.49. The first-order valence-corrected chi connectivity index (χ1v) is 12.2. The van der Waals surface area contributed by atoms with Crippen molar-refractivity contribution < 1.29 is 13.2 Å². The topological polar surface area (TPSA) is 101 Å². The van der Waals surface area contributed by atoms with Gasteiger partial charge in [0, 0.05) is 24.0 Å². The summed E-state index contributed by atoms with van der Waals surface area (Å²) in [4.78, 5) is 22.2. The molecule has 10 heteroatoms. The Morgan fingerprint density at radius 3 is 2.83 bits per heavy atom. The highest BCUT2D eigenvalue weighted by atomic mass is 32.2. The van der Waals surface area contributed by atoms with Crippen LogP contribution < -0.4 is 10.0 Å². The predicted octanol–water partition coefficient (Wildman–Crippen LogP) is 3.52. The molecule has 1 aliphatic rings. The first-order valence-electron chi connectivity index (χ1n) is 8.94. The number of sulfonamides is 1. The maximum atomic E-state index is 12.5. The molecule has 150 valence electrons. The Hall–Kier alpha value is -2.56. The lowest BCUT2D eigenvalue weighted by atomic mass is 10.3. The van der Waals surface area contributed by atoms with Crippen LogP contribution in [-0.4, -0.2) is 31.7 Å². The molecule has 0 atom stereocenters. The van der Waals surface area contributed by atoms with E-state index in [1.807, 2.05) is 22.9 Å². The van der Waals surface area contributed by atoms with Crippen molar-refractivity contribution in [1.82, 2.24) is 9.71 Å². The number of aliphatic imine (C=N–C) groups is 1. The van der Waals surface area contributed by atoms with Crippen LogP contribution in [0.3, 0.4) is 0 Å². The molecule has 0 spiro atoms. The Morgan fingerprint density at radius 1 is 1.17 bits per heavy atom. The highest BCUT2D eigenvalue weighted by molar-refractivity contribution is 7.90. The second kappa shape index (κ2) is 8.44. The molecule has 0 bridgehead atoms. The molecule has 0 saturated heterocycles. The molecule has 0 fully saturated rings. The van der Waals surface area contributed by atoms with Crippen LogP contribution in [0.5, 0.6) is 0 Å². The molecule has 3 heterocycles. The fourth-order valence-electron chi connectivity index (χ4n) is 2.85. The van der Waals surface area contributed by atoms with E-state index in [2.05, 4.69) is 20.0 Å². The molecular weight excluding hydrogens is 428 g/mol. The Bertz CT molecular complexity index is 1150. The summed E-state index contributed by atoms with van der Waals surface area (Å²) in [6, 6.07) is 10.1. The smallest absolute Gasteiger partial charge is 0.262 e. The predicted molar refractivity (Wildman–Crippen MR) is 116 cm³/mol. The molecule has 3 aromatic rings. The van der Waals surface area contributed by atoms with E-state index in [9.17, 15) is 13.2 Å². The highest BCUT2D eigenvalue weighted by Crippen LogP contribution is 2.28. The van der Waals surface area contributed by atoms with Crippen molar-refractivity contribution in [3.8, 4) is 9.88 Å². The Morgan fingerprint density at radius 2 is 2.07 bits per heavy atom. The molecule has 4 rings (SSSR count). The largest absolute Gasteiger partial charge is 0.326 e. The number of thiophene rings is 1. The minimum absolute atomic E-state index is 0.0820. The zero-order valence-electron chi connectivity index (χ0n) is 15.3. The van der Waals surface area contributed by atoms with Gasteiger partial charge in [-0.1, -0.05) is 12.1 Å². The fraction of sp³-hybridized carbons (Fsp3) is 0.211. The van der Waals surface area contributed by atoms with Gasteiger partial charge in [0.2, 0.25) is 5.91 Å². The van der Waals surface area contributed by atoms with Gasteiger partial charge < -0.3 is 5.32 Å². The van der Waals surface area contributed by atoms with E-state index < -0.39 is 10.0 Å². The minimum Gasteiger partial charge on any atom is -0.326 e. The molecule has 1 aliphatic heterocycles. The molecule has 0 unspecified atom stereocenters. The van der Waals surface area contributed by atoms with Gasteiger partial charge in [-0.3, -0.25) is 14.5 Å². The number of benzene rings is 1. The quantitative estimate of drug-likeness (QED) is 0.605. The van der Waals surface area contributed by atoms with Crippen molar-refractivity contribution in [2.45, 2.75) is 24.2 Å². The monoisotopic (exact) mass is 446 g/mol. The number of aromatic nitrogens is 1. The normalized spacial score (nSPS) is 13.9. The molecule has 0 saturated carbocycles. The summed E-state index contributed by atoms with van der Waals surface area (Å²) in [6.45, 7) is 0.638. The molecule has 7 nitrogen and oxygen atoms in total. The lowest BCUT2D eigenvalue weighted by Gasteiger charge is -2.10. The summed E-state index contributed by atoms with van der Waals surface area (Å²) in [5, 5.41) is 7.48. The standard InChI is InChI=1S/C19H18N4O3S3/c24-18(11-14-12-28-19(22-14)16-6-3-9-27-16)21-13-4-1-5-15(10-13)29(25,26)23-17-7-2-8-20-17/h1,3-6,9-10,12H,2,7-8,11H2,(H,20,23)(H,21,24). The molecule has 1 amide bonds. The van der Waals surface area contributed by atoms with E-state index in [1.54, 1.807) is 23.5 Å². The van der Waals surface area contributed by atoms with Crippen LogP contribution in [0.15, 0.2) is 57.0 Å². The van der Waals surface area contributed by atoms with Crippen LogP contribution in [0.4, 0.5) is 5.69 Å². The van der Waals surface area contributed by atoms with E-state index in [0.29, 0.717) is 30.2 Å². The van der Waals surface area contributed by atoms with Gasteiger partial charge in [0.05, 0.1) is 21.9 Å². The maximum Gasteiger partial charge on any atom is 0.262 e. The van der Waals surface area contributed by atoms with Gasteiger partial charge in [0.1, 0.15) is 10.8 Å². The Balaban J connectivity index is 1.41. The van der Waals surface area contributed by atoms with Crippen LogP contribution in [0, 0.1) is 0 Å². The van der Waals surface area contributed by atoms with Gasteiger partial charge in [-0.05, 0) is 36.1 Å². The maximum absolute atomic E-state index is 12.5. The SMILES string of the molecule is O=C(Cc1csc(-c2cccs2)n1)Nc1cccc(S(=O)(=O)NC2=NCCC2)c1. The highest BCUT2D eigenvalue weighted by Gasteiger charge is 2.19. The van der Waals surface area contributed by atoms with E-state index >= 15 is 0 Å². The third kappa shape index (κ3) is 4.89. The molecular formula is C19H18N4O3S3. The number of nitrogens with one attached hydrogen (secondary N) is 2. The lowest BCUT2D eigenvalue weighted by Crippen LogP contribution is -2.29. The Labute approximate surface area is 176 Å². The zero-order chi connectivity index (χ0) is 20.3. The average Bonchev–Trinajstić information content (AvgIpc) is 3.44. The van der Waals surface area contributed by atoms with Gasteiger partial charge in [-0.15, -0.1) is 22.7 Å². The van der Waals surface area contributed by atoms with Crippen LogP contribution in [0.2, 0.25) is 0 Å². The summed E-state index contributed by atoms with van der Waals surface area (Å²) in [7, 11) is -3.72. The summed E-state index contributed by atoms with van der Waals surface area (Å²) in [5.41, 5.74) is 1.10. The van der Waals surface area contributed by atoms with Crippen molar-refractivity contribution in [1.29, 1.82) is 0 Å². The number of anilines is 1. The van der Waals surface area contributed by atoms with Crippen molar-refractivity contribution in [3.63, 3.8) is 0 Å². The summed E-state index contributed by atoms with van der Waals surface area (Å²) >= 11 is 3.10. The van der Waals surface area contributed by atoms with Gasteiger partial charge in [0.25, 0.3) is 10.0 Å². The van der Waals surface area contributed by atoms with Crippen molar-refractivity contribution >= 4 is 50.1 Å². The van der Waals surface area contributed by atoms with Crippen molar-refractivity contribution in [2.75, 3.05) is 11.9 Å². The summed E-state index contributed by atoms with van der Waals surface area (Å²) in [6.07, 6.45) is 1.59.